The van der Waals surface area contributed by atoms with E-state index in [9.17, 15) is 5.11 Å². The van der Waals surface area contributed by atoms with Gasteiger partial charge in [0.2, 0.25) is 0 Å². The monoisotopic (exact) mass is 375 g/mol. The largest absolute Gasteiger partial charge is 0.396 e. The first-order valence-corrected chi connectivity index (χ1v) is 10.3. The number of hydrogen-bond donors (Lipinski definition) is 3. The molecule has 0 bridgehead atoms. The van der Waals surface area contributed by atoms with E-state index in [0.29, 0.717) is 6.54 Å². The molecule has 0 aliphatic carbocycles. The topological polar surface area (TPSA) is 63.1 Å². The van der Waals surface area contributed by atoms with Crippen LogP contribution in [0.15, 0.2) is 35.3 Å². The van der Waals surface area contributed by atoms with E-state index >= 15 is 0 Å². The van der Waals surface area contributed by atoms with Crippen molar-refractivity contribution in [2.24, 2.45) is 4.99 Å². The minimum absolute atomic E-state index is 0.0406. The van der Waals surface area contributed by atoms with Crippen molar-refractivity contribution in [3.63, 3.8) is 0 Å². The normalized spacial score (nSPS) is 17.7. The summed E-state index contributed by atoms with van der Waals surface area (Å²) in [4.78, 5) is 9.63. The van der Waals surface area contributed by atoms with Gasteiger partial charge in [-0.2, -0.15) is 0 Å². The molecule has 1 atom stereocenters. The molecule has 0 saturated carbocycles. The summed E-state index contributed by atoms with van der Waals surface area (Å²) in [6.07, 6.45) is 2.35. The molecule has 6 heteroatoms. The number of benzene rings is 1. The van der Waals surface area contributed by atoms with Gasteiger partial charge in [-0.25, -0.2) is 0 Å². The number of guanidine groups is 1. The Bertz CT molecular complexity index is 529. The van der Waals surface area contributed by atoms with Crippen molar-refractivity contribution in [1.82, 2.24) is 20.4 Å². The molecule has 1 aliphatic rings. The Kier molecular flexibility index (Phi) is 10.2. The third kappa shape index (κ3) is 8.28. The second-order valence-electron chi connectivity index (χ2n) is 7.29. The predicted molar refractivity (Wildman–Crippen MR) is 113 cm³/mol. The van der Waals surface area contributed by atoms with Crippen LogP contribution < -0.4 is 10.6 Å². The van der Waals surface area contributed by atoms with Crippen LogP contribution in [0.1, 0.15) is 31.2 Å². The highest BCUT2D eigenvalue weighted by Gasteiger charge is 2.13. The van der Waals surface area contributed by atoms with Crippen LogP contribution in [0, 0.1) is 0 Å². The number of rotatable bonds is 10. The predicted octanol–water partition coefficient (Wildman–Crippen LogP) is 1.35. The van der Waals surface area contributed by atoms with Crippen LogP contribution >= 0.6 is 0 Å². The van der Waals surface area contributed by atoms with Gasteiger partial charge in [-0.05, 0) is 38.9 Å². The van der Waals surface area contributed by atoms with Crippen LogP contribution in [0.3, 0.4) is 0 Å². The number of nitrogens with one attached hydrogen (secondary N) is 2. The van der Waals surface area contributed by atoms with Gasteiger partial charge in [-0.1, -0.05) is 30.3 Å². The van der Waals surface area contributed by atoms with Gasteiger partial charge < -0.3 is 25.5 Å². The second-order valence-corrected chi connectivity index (χ2v) is 7.29. The lowest BCUT2D eigenvalue weighted by Gasteiger charge is -2.32. The molecule has 1 fully saturated rings. The van der Waals surface area contributed by atoms with Crippen molar-refractivity contribution in [2.75, 3.05) is 66.0 Å². The Morgan fingerprint density at radius 3 is 2.52 bits per heavy atom. The molecule has 1 heterocycles. The van der Waals surface area contributed by atoms with Crippen molar-refractivity contribution < 1.29 is 5.11 Å². The molecule has 3 N–H and O–H groups in total. The first-order chi connectivity index (χ1) is 13.2. The first-order valence-electron chi connectivity index (χ1n) is 10.3. The maximum absolute atomic E-state index is 9.69. The lowest BCUT2D eigenvalue weighted by atomic mass is 10.0. The van der Waals surface area contributed by atoms with Crippen LogP contribution in [0.4, 0.5) is 0 Å². The summed E-state index contributed by atoms with van der Waals surface area (Å²) < 4.78 is 0. The molecule has 27 heavy (non-hydrogen) atoms. The molecule has 1 aromatic rings. The minimum atomic E-state index is 0.0406. The minimum Gasteiger partial charge on any atom is -0.396 e. The summed E-state index contributed by atoms with van der Waals surface area (Å²) in [5.74, 6) is 0.880. The fourth-order valence-corrected chi connectivity index (χ4v) is 3.28. The van der Waals surface area contributed by atoms with Crippen molar-refractivity contribution in [2.45, 2.75) is 25.7 Å². The quantitative estimate of drug-likeness (QED) is 0.327. The molecule has 1 saturated heterocycles. The molecule has 152 valence electrons. The number of piperazine rings is 1. The molecule has 0 aromatic heterocycles. The van der Waals surface area contributed by atoms with Gasteiger partial charge in [-0.15, -0.1) is 0 Å². The molecule has 1 aliphatic heterocycles. The van der Waals surface area contributed by atoms with Gasteiger partial charge in [0.15, 0.2) is 5.96 Å². The zero-order valence-corrected chi connectivity index (χ0v) is 17.0. The molecule has 1 aromatic carbocycles. The van der Waals surface area contributed by atoms with Crippen molar-refractivity contribution in [1.29, 1.82) is 0 Å². The van der Waals surface area contributed by atoms with Crippen molar-refractivity contribution >= 4 is 5.96 Å². The summed E-state index contributed by atoms with van der Waals surface area (Å²) in [6, 6.07) is 10.1. The average molecular weight is 376 g/mol. The standard InChI is InChI=1S/C21H37N5O/c1-3-22-21(24-17-20(18-27)19-9-5-4-6-10-19)23-11-7-8-12-26-15-13-25(2)14-16-26/h4-6,9-10,20,27H,3,7-8,11-18H2,1-2H3,(H2,22,23,24). The summed E-state index contributed by atoms with van der Waals surface area (Å²) in [6.45, 7) is 10.5. The molecular formula is C21H37N5O. The Morgan fingerprint density at radius 2 is 1.85 bits per heavy atom. The zero-order chi connectivity index (χ0) is 19.3. The molecule has 0 radical (unpaired) electrons. The van der Waals surface area contributed by atoms with Crippen LogP contribution in [0.5, 0.6) is 0 Å². The molecule has 0 spiro atoms. The Hall–Kier alpha value is -1.63. The van der Waals surface area contributed by atoms with Crippen molar-refractivity contribution in [3.05, 3.63) is 35.9 Å². The van der Waals surface area contributed by atoms with Gasteiger partial charge >= 0.3 is 0 Å². The van der Waals surface area contributed by atoms with Crippen molar-refractivity contribution in [3.8, 4) is 0 Å². The average Bonchev–Trinajstić information content (AvgIpc) is 2.70. The number of aliphatic hydroxyl groups excluding tert-OH is 1. The SMILES string of the molecule is CCNC(=NCC(CO)c1ccccc1)NCCCCN1CCN(C)CC1. The van der Waals surface area contributed by atoms with Crippen LogP contribution in [-0.4, -0.2) is 86.9 Å². The Labute approximate surface area is 164 Å². The van der Waals surface area contributed by atoms with E-state index in [-0.39, 0.29) is 12.5 Å². The third-order valence-electron chi connectivity index (χ3n) is 5.09. The van der Waals surface area contributed by atoms with Crippen LogP contribution in [0.25, 0.3) is 0 Å². The van der Waals surface area contributed by atoms with E-state index < -0.39 is 0 Å². The number of likely N-dealkylation sites (N-methyl/N-ethyl adjacent to an activating group) is 1. The smallest absolute Gasteiger partial charge is 0.191 e. The number of unbranched alkanes of at least 4 members (excludes halogenated alkanes) is 1. The molecular weight excluding hydrogens is 338 g/mol. The molecule has 6 nitrogen and oxygen atoms in total. The van der Waals surface area contributed by atoms with Gasteiger partial charge in [-0.3, -0.25) is 4.99 Å². The second kappa shape index (κ2) is 12.7. The first kappa shape index (κ1) is 21.7. The highest BCUT2D eigenvalue weighted by Crippen LogP contribution is 2.14. The summed E-state index contributed by atoms with van der Waals surface area (Å²) in [5, 5.41) is 16.4. The van der Waals surface area contributed by atoms with Crippen LogP contribution in [-0.2, 0) is 0 Å². The van der Waals surface area contributed by atoms with E-state index in [1.807, 2.05) is 18.2 Å². The lowest BCUT2D eigenvalue weighted by molar-refractivity contribution is 0.152. The van der Waals surface area contributed by atoms with E-state index in [4.69, 9.17) is 0 Å². The maximum Gasteiger partial charge on any atom is 0.191 e. The number of aliphatic hydroxyl groups is 1. The fourth-order valence-electron chi connectivity index (χ4n) is 3.28. The van der Waals surface area contributed by atoms with E-state index in [1.165, 1.54) is 39.1 Å². The van der Waals surface area contributed by atoms with Gasteiger partial charge in [0.1, 0.15) is 0 Å². The fraction of sp³-hybridized carbons (Fsp3) is 0.667. The summed E-state index contributed by atoms with van der Waals surface area (Å²) >= 11 is 0. The molecule has 1 unspecified atom stereocenters. The molecule has 0 amide bonds. The third-order valence-corrected chi connectivity index (χ3v) is 5.09. The Morgan fingerprint density at radius 1 is 1.11 bits per heavy atom. The number of nitrogens with zero attached hydrogens (tertiary/aromatic N) is 3. The van der Waals surface area contributed by atoms with Gasteiger partial charge in [0.05, 0.1) is 13.2 Å². The van der Waals surface area contributed by atoms with Gasteiger partial charge in [0, 0.05) is 45.2 Å². The highest BCUT2D eigenvalue weighted by molar-refractivity contribution is 5.79. The Balaban J connectivity index is 1.70. The number of aliphatic imine (C=N–C) groups is 1. The molecule has 2 rings (SSSR count). The highest BCUT2D eigenvalue weighted by atomic mass is 16.3. The number of hydrogen-bond acceptors (Lipinski definition) is 4. The summed E-state index contributed by atoms with van der Waals surface area (Å²) in [5.41, 5.74) is 1.13. The van der Waals surface area contributed by atoms with E-state index in [0.717, 1.165) is 31.0 Å². The van der Waals surface area contributed by atoms with Gasteiger partial charge in [0.25, 0.3) is 0 Å². The zero-order valence-electron chi connectivity index (χ0n) is 17.0. The van der Waals surface area contributed by atoms with E-state index in [2.05, 4.69) is 51.5 Å². The summed E-state index contributed by atoms with van der Waals surface area (Å²) in [7, 11) is 2.20. The maximum atomic E-state index is 9.69. The van der Waals surface area contributed by atoms with Crippen LogP contribution in [0.2, 0.25) is 0 Å². The lowest BCUT2D eigenvalue weighted by Crippen LogP contribution is -2.44. The van der Waals surface area contributed by atoms with E-state index in [1.54, 1.807) is 0 Å².